The molecule has 1 atom stereocenters. The Morgan fingerprint density at radius 3 is 2.13 bits per heavy atom. The van der Waals surface area contributed by atoms with Crippen molar-refractivity contribution in [3.05, 3.63) is 12.0 Å². The Morgan fingerprint density at radius 1 is 1.33 bits per heavy atom. The number of allylic oxidation sites excluding steroid dienone is 1. The zero-order valence-electron chi connectivity index (χ0n) is 11.3. The lowest BCUT2D eigenvalue weighted by atomic mass is 9.99. The summed E-state index contributed by atoms with van der Waals surface area (Å²) in [4.78, 5) is 3.98. The minimum atomic E-state index is 0.0251. The van der Waals surface area contributed by atoms with Crippen molar-refractivity contribution >= 4 is 6.21 Å². The molecule has 0 aromatic rings. The molecule has 0 aliphatic rings. The van der Waals surface area contributed by atoms with Crippen molar-refractivity contribution in [2.24, 2.45) is 16.3 Å². The van der Waals surface area contributed by atoms with Crippen molar-refractivity contribution in [1.29, 1.82) is 0 Å². The monoisotopic (exact) mass is 213 g/mol. The maximum absolute atomic E-state index is 9.38. The van der Waals surface area contributed by atoms with E-state index in [-0.39, 0.29) is 11.3 Å². The Kier molecular flexibility index (Phi) is 9.44. The van der Waals surface area contributed by atoms with E-state index in [2.05, 4.69) is 18.8 Å². The van der Waals surface area contributed by atoms with Crippen LogP contribution < -0.4 is 0 Å². The first-order valence-electron chi connectivity index (χ1n) is 5.81. The molecule has 2 heteroatoms. The van der Waals surface area contributed by atoms with E-state index in [0.29, 0.717) is 5.92 Å². The van der Waals surface area contributed by atoms with Crippen LogP contribution in [0.3, 0.4) is 0 Å². The molecule has 0 saturated heterocycles. The van der Waals surface area contributed by atoms with Crippen LogP contribution in [0.5, 0.6) is 0 Å². The predicted octanol–water partition coefficient (Wildman–Crippen LogP) is 4.58. The third-order valence-corrected chi connectivity index (χ3v) is 1.66. The van der Waals surface area contributed by atoms with Crippen LogP contribution in [0.4, 0.5) is 0 Å². The molecule has 0 aromatic heterocycles. The first kappa shape index (κ1) is 16.6. The third kappa shape index (κ3) is 13.2. The molecular weight excluding hydrogens is 186 g/mol. The van der Waals surface area contributed by atoms with Crippen LogP contribution in [-0.4, -0.2) is 11.3 Å². The number of hydrogen-bond donors (Lipinski definition) is 1. The van der Waals surface area contributed by atoms with Gasteiger partial charge in [0.1, 0.15) is 0 Å². The fourth-order valence-corrected chi connectivity index (χ4v) is 0.675. The average molecular weight is 213 g/mol. The summed E-state index contributed by atoms with van der Waals surface area (Å²) in [5, 5.41) is 9.38. The van der Waals surface area contributed by atoms with Gasteiger partial charge in [0.15, 0.2) is 0 Å². The maximum Gasteiger partial charge on any atom is 0.206 e. The second kappa shape index (κ2) is 8.51. The van der Waals surface area contributed by atoms with E-state index >= 15 is 0 Å². The number of aliphatic imine (C=N–C) groups is 1. The van der Waals surface area contributed by atoms with Gasteiger partial charge in [0.25, 0.3) is 0 Å². The maximum atomic E-state index is 9.38. The summed E-state index contributed by atoms with van der Waals surface area (Å²) in [5.41, 5.74) is 0.0251. The molecule has 0 aliphatic heterocycles. The minimum Gasteiger partial charge on any atom is -0.493 e. The lowest BCUT2D eigenvalue weighted by Crippen LogP contribution is -2.06. The Balaban J connectivity index is 0. The highest BCUT2D eigenvalue weighted by atomic mass is 16.3. The lowest BCUT2D eigenvalue weighted by molar-refractivity contribution is 0.397. The Labute approximate surface area is 95.1 Å². The Bertz CT molecular complexity index is 199. The molecule has 0 bridgehead atoms. The summed E-state index contributed by atoms with van der Waals surface area (Å²) < 4.78 is 0. The van der Waals surface area contributed by atoms with E-state index in [1.807, 2.05) is 34.6 Å². The highest BCUT2D eigenvalue weighted by molar-refractivity contribution is 5.64. The fourth-order valence-electron chi connectivity index (χ4n) is 0.675. The van der Waals surface area contributed by atoms with Gasteiger partial charge in [0.2, 0.25) is 5.88 Å². The van der Waals surface area contributed by atoms with Crippen molar-refractivity contribution in [1.82, 2.24) is 0 Å². The summed E-state index contributed by atoms with van der Waals surface area (Å²) in [5.74, 6) is 0.515. The average Bonchev–Trinajstić information content (AvgIpc) is 2.17. The summed E-state index contributed by atoms with van der Waals surface area (Å²) in [6.07, 6.45) is 4.57. The van der Waals surface area contributed by atoms with Crippen LogP contribution in [0.2, 0.25) is 0 Å². The topological polar surface area (TPSA) is 32.6 Å². The molecule has 0 aliphatic carbocycles. The van der Waals surface area contributed by atoms with Gasteiger partial charge in [-0.25, -0.2) is 4.99 Å². The van der Waals surface area contributed by atoms with Crippen LogP contribution in [-0.2, 0) is 0 Å². The van der Waals surface area contributed by atoms with Crippen LogP contribution in [0.1, 0.15) is 54.9 Å². The van der Waals surface area contributed by atoms with Crippen LogP contribution in [0.15, 0.2) is 17.0 Å². The van der Waals surface area contributed by atoms with Gasteiger partial charge in [0.05, 0.1) is 0 Å². The number of aliphatic hydroxyl groups is 1. The molecule has 2 nitrogen and oxygen atoms in total. The molecular formula is C13H27NO. The molecule has 0 rings (SSSR count). The van der Waals surface area contributed by atoms with E-state index in [1.165, 1.54) is 0 Å². The zero-order valence-corrected chi connectivity index (χ0v) is 11.3. The van der Waals surface area contributed by atoms with Crippen molar-refractivity contribution in [3.63, 3.8) is 0 Å². The van der Waals surface area contributed by atoms with Gasteiger partial charge in [-0.3, -0.25) is 0 Å². The van der Waals surface area contributed by atoms with Gasteiger partial charge >= 0.3 is 0 Å². The van der Waals surface area contributed by atoms with Gasteiger partial charge < -0.3 is 5.11 Å². The van der Waals surface area contributed by atoms with E-state index in [4.69, 9.17) is 0 Å². The summed E-state index contributed by atoms with van der Waals surface area (Å²) in [7, 11) is 0. The largest absolute Gasteiger partial charge is 0.493 e. The predicted molar refractivity (Wildman–Crippen MR) is 69.5 cm³/mol. The zero-order chi connectivity index (χ0) is 12.5. The third-order valence-electron chi connectivity index (χ3n) is 1.66. The molecule has 0 fully saturated rings. The van der Waals surface area contributed by atoms with E-state index in [1.54, 1.807) is 12.3 Å². The quantitative estimate of drug-likeness (QED) is 0.540. The molecule has 1 N–H and O–H groups in total. The summed E-state index contributed by atoms with van der Waals surface area (Å²) in [6, 6.07) is 0. The Hall–Kier alpha value is -0.790. The van der Waals surface area contributed by atoms with E-state index < -0.39 is 0 Å². The van der Waals surface area contributed by atoms with Gasteiger partial charge in [0, 0.05) is 6.21 Å². The molecule has 90 valence electrons. The molecule has 0 heterocycles. The van der Waals surface area contributed by atoms with Crippen LogP contribution in [0.25, 0.3) is 0 Å². The van der Waals surface area contributed by atoms with E-state index in [9.17, 15) is 5.11 Å². The number of aliphatic hydroxyl groups excluding tert-OH is 1. The molecule has 15 heavy (non-hydrogen) atoms. The summed E-state index contributed by atoms with van der Waals surface area (Å²) >= 11 is 0. The van der Waals surface area contributed by atoms with E-state index in [0.717, 1.165) is 6.42 Å². The first-order chi connectivity index (χ1) is 6.85. The van der Waals surface area contributed by atoms with Crippen molar-refractivity contribution in [3.8, 4) is 0 Å². The van der Waals surface area contributed by atoms with Crippen molar-refractivity contribution in [2.45, 2.75) is 54.9 Å². The van der Waals surface area contributed by atoms with Gasteiger partial charge in [-0.15, -0.1) is 0 Å². The fraction of sp³-hybridized carbons (Fsp3) is 0.769. The second-order valence-electron chi connectivity index (χ2n) is 4.53. The normalized spacial score (nSPS) is 14.7. The Morgan fingerprint density at radius 2 is 1.80 bits per heavy atom. The van der Waals surface area contributed by atoms with Crippen LogP contribution >= 0.6 is 0 Å². The number of nitrogens with zero attached hydrogens (tertiary/aromatic N) is 1. The smallest absolute Gasteiger partial charge is 0.206 e. The molecule has 0 amide bonds. The molecule has 0 aromatic carbocycles. The highest BCUT2D eigenvalue weighted by Gasteiger charge is 2.05. The molecule has 1 unspecified atom stereocenters. The highest BCUT2D eigenvalue weighted by Crippen LogP contribution is 2.11. The lowest BCUT2D eigenvalue weighted by Gasteiger charge is -2.09. The summed E-state index contributed by atoms with van der Waals surface area (Å²) in [6.45, 7) is 14.3. The first-order valence-corrected chi connectivity index (χ1v) is 5.81. The number of hydrogen-bond acceptors (Lipinski definition) is 2. The number of rotatable bonds is 3. The van der Waals surface area contributed by atoms with Gasteiger partial charge in [-0.2, -0.15) is 0 Å². The standard InChI is InChI=1S/C11H21NO.C2H6/c1-6-9(2)7-10(13)12-8-11(3,4)5;1-2/h7-9,13H,6H2,1-5H3;1-2H3/b10-7+,12-8-;. The molecule has 0 saturated carbocycles. The second-order valence-corrected chi connectivity index (χ2v) is 4.53. The SMILES string of the molecule is CC.CCC(C)/C=C(O)\N=C/C(C)(C)C. The van der Waals surface area contributed by atoms with Crippen molar-refractivity contribution in [2.75, 3.05) is 0 Å². The van der Waals surface area contributed by atoms with Gasteiger partial charge in [-0.1, -0.05) is 48.5 Å². The van der Waals surface area contributed by atoms with Gasteiger partial charge in [-0.05, 0) is 23.8 Å². The van der Waals surface area contributed by atoms with Crippen LogP contribution in [0, 0.1) is 11.3 Å². The molecule has 0 radical (unpaired) electrons. The van der Waals surface area contributed by atoms with Crippen molar-refractivity contribution < 1.29 is 5.11 Å². The molecule has 0 spiro atoms. The minimum absolute atomic E-state index is 0.0251.